The van der Waals surface area contributed by atoms with Crippen LogP contribution < -0.4 is 0 Å². The Morgan fingerprint density at radius 1 is 0.886 bits per heavy atom. The number of halogens is 1. The van der Waals surface area contributed by atoms with E-state index in [0.29, 0.717) is 5.56 Å². The van der Waals surface area contributed by atoms with Gasteiger partial charge in [0.25, 0.3) is 0 Å². The Morgan fingerprint density at radius 3 is 2.14 bits per heavy atom. The van der Waals surface area contributed by atoms with Gasteiger partial charge in [0.15, 0.2) is 0 Å². The number of hydrogen-bond donors (Lipinski definition) is 0. The Morgan fingerprint density at radius 2 is 1.51 bits per heavy atom. The van der Waals surface area contributed by atoms with Crippen molar-refractivity contribution in [1.82, 2.24) is 4.90 Å². The minimum Gasteiger partial charge on any atom is -0.465 e. The highest BCUT2D eigenvalue weighted by atomic mass is 35.5. The number of likely N-dealkylation sites (tertiary alicyclic amines) is 1. The van der Waals surface area contributed by atoms with E-state index in [1.807, 2.05) is 18.2 Å². The normalized spacial score (nSPS) is 15.2. The molecule has 3 aromatic carbocycles. The standard InChI is InChI=1S/C31H29NO2.ClH/c1-34-31(33)27-12-6-8-23(22-27)9-7-19-32-20-17-26(18-21-32)30-28-13-4-2-10-24(28)15-16-25-11-3-5-14-29(25)30;/h2-16,22H,17-21H2,1H3;1H/b9-7+;. The monoisotopic (exact) mass is 483 g/mol. The average molecular weight is 484 g/mol. The van der Waals surface area contributed by atoms with Crippen LogP contribution in [0, 0.1) is 0 Å². The molecular formula is C31H30ClNO2. The van der Waals surface area contributed by atoms with E-state index in [1.54, 1.807) is 11.6 Å². The molecule has 1 saturated heterocycles. The first-order valence-corrected chi connectivity index (χ1v) is 11.9. The highest BCUT2D eigenvalue weighted by Gasteiger charge is 2.22. The number of nitrogens with zero attached hydrogens (tertiary/aromatic N) is 1. The molecule has 0 bridgehead atoms. The van der Waals surface area contributed by atoms with Gasteiger partial charge in [-0.3, -0.25) is 4.90 Å². The van der Waals surface area contributed by atoms with Gasteiger partial charge in [0.1, 0.15) is 0 Å². The number of methoxy groups -OCH3 is 1. The molecule has 3 nitrogen and oxygen atoms in total. The zero-order valence-electron chi connectivity index (χ0n) is 19.9. The van der Waals surface area contributed by atoms with Gasteiger partial charge in [0.05, 0.1) is 12.7 Å². The first kappa shape index (κ1) is 24.7. The Labute approximate surface area is 213 Å². The van der Waals surface area contributed by atoms with Gasteiger partial charge in [-0.25, -0.2) is 4.79 Å². The van der Waals surface area contributed by atoms with Crippen molar-refractivity contribution in [2.75, 3.05) is 26.7 Å². The number of benzene rings is 3. The van der Waals surface area contributed by atoms with Crippen LogP contribution in [0.25, 0.3) is 23.8 Å². The molecule has 0 N–H and O–H groups in total. The van der Waals surface area contributed by atoms with Gasteiger partial charge in [0, 0.05) is 19.6 Å². The SMILES string of the molecule is COC(=O)c1cccc(/C=C/CN2CCC(=C3c4ccccc4C=Cc4ccccc43)CC2)c1.Cl. The molecule has 0 aromatic heterocycles. The lowest BCUT2D eigenvalue weighted by atomic mass is 9.86. The molecule has 178 valence electrons. The number of piperidine rings is 1. The largest absolute Gasteiger partial charge is 0.465 e. The second-order valence-electron chi connectivity index (χ2n) is 8.81. The van der Waals surface area contributed by atoms with E-state index in [-0.39, 0.29) is 18.4 Å². The number of carbonyl (C=O) groups is 1. The lowest BCUT2D eigenvalue weighted by Gasteiger charge is -2.29. The number of fused-ring (bicyclic) bond motifs is 2. The minimum absolute atomic E-state index is 0. The maximum Gasteiger partial charge on any atom is 0.337 e. The fourth-order valence-corrected chi connectivity index (χ4v) is 4.93. The third-order valence-corrected chi connectivity index (χ3v) is 6.70. The molecule has 0 saturated carbocycles. The number of esters is 1. The smallest absolute Gasteiger partial charge is 0.337 e. The van der Waals surface area contributed by atoms with Crippen molar-refractivity contribution in [1.29, 1.82) is 0 Å². The summed E-state index contributed by atoms with van der Waals surface area (Å²) in [7, 11) is 1.41. The summed E-state index contributed by atoms with van der Waals surface area (Å²) in [6, 6.07) is 25.1. The van der Waals surface area contributed by atoms with E-state index in [2.05, 4.69) is 77.7 Å². The highest BCUT2D eigenvalue weighted by Crippen LogP contribution is 2.38. The highest BCUT2D eigenvalue weighted by molar-refractivity contribution is 5.95. The molecular weight excluding hydrogens is 454 g/mol. The molecule has 0 spiro atoms. The topological polar surface area (TPSA) is 29.5 Å². The van der Waals surface area contributed by atoms with Crippen LogP contribution in [0.1, 0.15) is 51.0 Å². The van der Waals surface area contributed by atoms with Gasteiger partial charge in [0.2, 0.25) is 0 Å². The average Bonchev–Trinajstić information content (AvgIpc) is 3.06. The molecule has 35 heavy (non-hydrogen) atoms. The summed E-state index contributed by atoms with van der Waals surface area (Å²) in [6.07, 6.45) is 10.9. The van der Waals surface area contributed by atoms with E-state index in [1.165, 1.54) is 34.9 Å². The van der Waals surface area contributed by atoms with Crippen molar-refractivity contribution in [3.05, 3.63) is 118 Å². The van der Waals surface area contributed by atoms with Crippen LogP contribution in [-0.4, -0.2) is 37.6 Å². The number of rotatable bonds is 4. The molecule has 4 heteroatoms. The molecule has 3 aromatic rings. The number of ether oxygens (including phenoxy) is 1. The molecule has 1 fully saturated rings. The maximum absolute atomic E-state index is 11.8. The zero-order chi connectivity index (χ0) is 23.3. The summed E-state index contributed by atoms with van der Waals surface area (Å²) >= 11 is 0. The van der Waals surface area contributed by atoms with Gasteiger partial charge in [-0.1, -0.05) is 90.5 Å². The van der Waals surface area contributed by atoms with Crippen molar-refractivity contribution in [3.63, 3.8) is 0 Å². The summed E-state index contributed by atoms with van der Waals surface area (Å²) in [4.78, 5) is 14.3. The second kappa shape index (κ2) is 11.4. The van der Waals surface area contributed by atoms with Crippen LogP contribution in [0.2, 0.25) is 0 Å². The Bertz CT molecular complexity index is 1240. The first-order chi connectivity index (χ1) is 16.7. The molecule has 1 aliphatic heterocycles. The van der Waals surface area contributed by atoms with E-state index in [4.69, 9.17) is 4.74 Å². The summed E-state index contributed by atoms with van der Waals surface area (Å²) < 4.78 is 4.82. The maximum atomic E-state index is 11.8. The predicted octanol–water partition coefficient (Wildman–Crippen LogP) is 6.99. The molecule has 0 atom stereocenters. The van der Waals surface area contributed by atoms with Crippen LogP contribution in [0.15, 0.2) is 84.4 Å². The molecule has 0 radical (unpaired) electrons. The van der Waals surface area contributed by atoms with Gasteiger partial charge in [-0.2, -0.15) is 0 Å². The van der Waals surface area contributed by atoms with E-state index >= 15 is 0 Å². The third-order valence-electron chi connectivity index (χ3n) is 6.70. The van der Waals surface area contributed by atoms with Crippen molar-refractivity contribution in [3.8, 4) is 0 Å². The van der Waals surface area contributed by atoms with Gasteiger partial charge < -0.3 is 4.74 Å². The van der Waals surface area contributed by atoms with Gasteiger partial charge in [-0.05, 0) is 58.4 Å². The van der Waals surface area contributed by atoms with Crippen LogP contribution in [0.3, 0.4) is 0 Å². The lowest BCUT2D eigenvalue weighted by molar-refractivity contribution is 0.0600. The van der Waals surface area contributed by atoms with Crippen LogP contribution in [-0.2, 0) is 4.74 Å². The summed E-state index contributed by atoms with van der Waals surface area (Å²) in [5.41, 5.74) is 9.84. The van der Waals surface area contributed by atoms with Gasteiger partial charge in [-0.15, -0.1) is 12.4 Å². The summed E-state index contributed by atoms with van der Waals surface area (Å²) in [6.45, 7) is 2.99. The molecule has 1 aliphatic carbocycles. The third kappa shape index (κ3) is 5.48. The Balaban J connectivity index is 0.00000289. The predicted molar refractivity (Wildman–Crippen MR) is 148 cm³/mol. The molecule has 0 amide bonds. The van der Waals surface area contributed by atoms with Crippen molar-refractivity contribution in [2.24, 2.45) is 0 Å². The Kier molecular flexibility index (Phi) is 8.02. The van der Waals surface area contributed by atoms with Crippen LogP contribution >= 0.6 is 12.4 Å². The van der Waals surface area contributed by atoms with E-state index in [9.17, 15) is 4.79 Å². The summed E-state index contributed by atoms with van der Waals surface area (Å²) in [5.74, 6) is -0.302. The second-order valence-corrected chi connectivity index (χ2v) is 8.81. The lowest BCUT2D eigenvalue weighted by Crippen LogP contribution is -2.31. The minimum atomic E-state index is -0.302. The molecule has 5 rings (SSSR count). The zero-order valence-corrected chi connectivity index (χ0v) is 20.8. The van der Waals surface area contributed by atoms with Crippen molar-refractivity contribution < 1.29 is 9.53 Å². The molecule has 1 heterocycles. The van der Waals surface area contributed by atoms with Crippen molar-refractivity contribution >= 4 is 42.2 Å². The number of carbonyl (C=O) groups excluding carboxylic acids is 1. The fraction of sp³-hybridized carbons (Fsp3) is 0.194. The first-order valence-electron chi connectivity index (χ1n) is 11.9. The van der Waals surface area contributed by atoms with Crippen molar-refractivity contribution in [2.45, 2.75) is 12.8 Å². The Hall–Kier alpha value is -3.40. The quantitative estimate of drug-likeness (QED) is 0.293. The van der Waals surface area contributed by atoms with E-state index < -0.39 is 0 Å². The molecule has 2 aliphatic rings. The van der Waals surface area contributed by atoms with Gasteiger partial charge >= 0.3 is 5.97 Å². The fourth-order valence-electron chi connectivity index (χ4n) is 4.93. The van der Waals surface area contributed by atoms with E-state index in [0.717, 1.165) is 38.0 Å². The summed E-state index contributed by atoms with van der Waals surface area (Å²) in [5, 5.41) is 0. The van der Waals surface area contributed by atoms with Crippen LogP contribution in [0.5, 0.6) is 0 Å². The number of hydrogen-bond acceptors (Lipinski definition) is 3. The van der Waals surface area contributed by atoms with Crippen LogP contribution in [0.4, 0.5) is 0 Å². The molecule has 0 unspecified atom stereocenters.